The van der Waals surface area contributed by atoms with Gasteiger partial charge < -0.3 is 16.0 Å². The second-order valence-corrected chi connectivity index (χ2v) is 3.78. The van der Waals surface area contributed by atoms with Gasteiger partial charge in [-0.2, -0.15) is 0 Å². The first-order valence-electron chi connectivity index (χ1n) is 5.58. The molecule has 5 heteroatoms. The summed E-state index contributed by atoms with van der Waals surface area (Å²) in [5, 5.41) is 9.12. The molecule has 15 heavy (non-hydrogen) atoms. The maximum absolute atomic E-state index is 11.3. The predicted octanol–water partition coefficient (Wildman–Crippen LogP) is 1.26. The maximum Gasteiger partial charge on any atom is 0.315 e. The fourth-order valence-corrected chi connectivity index (χ4v) is 1.58. The number of carbonyl (C=O) groups excluding carboxylic acids is 1. The number of unbranched alkanes of at least 4 members (excludes halogenated alkanes) is 1. The summed E-state index contributed by atoms with van der Waals surface area (Å²) >= 11 is 0. The normalized spacial score (nSPS) is 16.6. The SMILES string of the molecule is CCCCNC(=O)NC1CCNCC1.Cl. The van der Waals surface area contributed by atoms with Crippen molar-refractivity contribution in [2.24, 2.45) is 0 Å². The zero-order valence-electron chi connectivity index (χ0n) is 9.34. The quantitative estimate of drug-likeness (QED) is 0.643. The van der Waals surface area contributed by atoms with Gasteiger partial charge in [-0.15, -0.1) is 12.4 Å². The standard InChI is InChI=1S/C10H21N3O.ClH/c1-2-3-6-12-10(14)13-9-4-7-11-8-5-9;/h9,11H,2-8H2,1H3,(H2,12,13,14);1H. The minimum atomic E-state index is -0.00894. The number of halogens is 1. The molecule has 2 amide bonds. The molecule has 1 aliphatic rings. The molecule has 0 aromatic rings. The first kappa shape index (κ1) is 14.5. The number of urea groups is 1. The Labute approximate surface area is 98.0 Å². The molecule has 0 aromatic heterocycles. The first-order chi connectivity index (χ1) is 6.83. The first-order valence-corrected chi connectivity index (χ1v) is 5.58. The predicted molar refractivity (Wildman–Crippen MR) is 64.6 cm³/mol. The average molecular weight is 236 g/mol. The fourth-order valence-electron chi connectivity index (χ4n) is 1.58. The highest BCUT2D eigenvalue weighted by Gasteiger charge is 2.14. The number of piperidine rings is 1. The van der Waals surface area contributed by atoms with E-state index in [0.717, 1.165) is 45.3 Å². The van der Waals surface area contributed by atoms with Crippen LogP contribution in [0.1, 0.15) is 32.6 Å². The van der Waals surface area contributed by atoms with E-state index in [-0.39, 0.29) is 18.4 Å². The Morgan fingerprint density at radius 3 is 2.67 bits per heavy atom. The van der Waals surface area contributed by atoms with Gasteiger partial charge in [0.25, 0.3) is 0 Å². The van der Waals surface area contributed by atoms with Crippen molar-refractivity contribution in [3.8, 4) is 0 Å². The van der Waals surface area contributed by atoms with Crippen molar-refractivity contribution in [1.29, 1.82) is 0 Å². The van der Waals surface area contributed by atoms with Gasteiger partial charge in [0.15, 0.2) is 0 Å². The monoisotopic (exact) mass is 235 g/mol. The lowest BCUT2D eigenvalue weighted by Crippen LogP contribution is -2.46. The zero-order chi connectivity index (χ0) is 10.2. The number of amides is 2. The highest BCUT2D eigenvalue weighted by Crippen LogP contribution is 2.01. The lowest BCUT2D eigenvalue weighted by molar-refractivity contribution is 0.233. The van der Waals surface area contributed by atoms with Crippen molar-refractivity contribution in [2.75, 3.05) is 19.6 Å². The Bertz CT molecular complexity index is 172. The highest BCUT2D eigenvalue weighted by molar-refractivity contribution is 5.85. The van der Waals surface area contributed by atoms with E-state index in [4.69, 9.17) is 0 Å². The summed E-state index contributed by atoms with van der Waals surface area (Å²) in [6.45, 7) is 4.93. The lowest BCUT2D eigenvalue weighted by atomic mass is 10.1. The van der Waals surface area contributed by atoms with Crippen LogP contribution in [0.15, 0.2) is 0 Å². The Kier molecular flexibility index (Phi) is 8.52. The molecular weight excluding hydrogens is 214 g/mol. The number of carbonyl (C=O) groups is 1. The van der Waals surface area contributed by atoms with Gasteiger partial charge >= 0.3 is 6.03 Å². The van der Waals surface area contributed by atoms with Gasteiger partial charge in [-0.1, -0.05) is 13.3 Å². The summed E-state index contributed by atoms with van der Waals surface area (Å²) in [6.07, 6.45) is 4.26. The van der Waals surface area contributed by atoms with Crippen LogP contribution in [-0.4, -0.2) is 31.7 Å². The third kappa shape index (κ3) is 6.57. The molecule has 1 heterocycles. The third-order valence-corrected chi connectivity index (χ3v) is 2.49. The number of rotatable bonds is 4. The molecule has 0 aromatic carbocycles. The molecule has 0 saturated carbocycles. The van der Waals surface area contributed by atoms with E-state index < -0.39 is 0 Å². The summed E-state index contributed by atoms with van der Waals surface area (Å²) in [7, 11) is 0. The van der Waals surface area contributed by atoms with Crippen LogP contribution in [0.4, 0.5) is 4.79 Å². The van der Waals surface area contributed by atoms with Gasteiger partial charge in [0.05, 0.1) is 0 Å². The van der Waals surface area contributed by atoms with Crippen LogP contribution in [-0.2, 0) is 0 Å². The molecule has 1 saturated heterocycles. The van der Waals surface area contributed by atoms with Crippen LogP contribution in [0.25, 0.3) is 0 Å². The van der Waals surface area contributed by atoms with E-state index in [9.17, 15) is 4.79 Å². The molecule has 0 bridgehead atoms. The number of nitrogens with one attached hydrogen (secondary N) is 3. The zero-order valence-corrected chi connectivity index (χ0v) is 10.2. The topological polar surface area (TPSA) is 53.2 Å². The van der Waals surface area contributed by atoms with Crippen molar-refractivity contribution in [3.63, 3.8) is 0 Å². The van der Waals surface area contributed by atoms with E-state index >= 15 is 0 Å². The van der Waals surface area contributed by atoms with E-state index in [1.807, 2.05) is 0 Å². The minimum Gasteiger partial charge on any atom is -0.338 e. The Morgan fingerprint density at radius 1 is 1.40 bits per heavy atom. The molecule has 1 fully saturated rings. The van der Waals surface area contributed by atoms with Crippen LogP contribution in [0.5, 0.6) is 0 Å². The fraction of sp³-hybridized carbons (Fsp3) is 0.900. The summed E-state index contributed by atoms with van der Waals surface area (Å²) < 4.78 is 0. The summed E-state index contributed by atoms with van der Waals surface area (Å²) in [5.74, 6) is 0. The molecule has 1 rings (SSSR count). The van der Waals surface area contributed by atoms with Crippen LogP contribution >= 0.6 is 12.4 Å². The minimum absolute atomic E-state index is 0. The number of hydrogen-bond acceptors (Lipinski definition) is 2. The summed E-state index contributed by atoms with van der Waals surface area (Å²) in [4.78, 5) is 11.3. The summed E-state index contributed by atoms with van der Waals surface area (Å²) in [6, 6.07) is 0.350. The molecule has 0 aliphatic carbocycles. The van der Waals surface area contributed by atoms with Crippen molar-refractivity contribution in [3.05, 3.63) is 0 Å². The lowest BCUT2D eigenvalue weighted by Gasteiger charge is -2.23. The van der Waals surface area contributed by atoms with Crippen LogP contribution in [0, 0.1) is 0 Å². The molecule has 0 unspecified atom stereocenters. The molecule has 0 radical (unpaired) electrons. The molecule has 90 valence electrons. The van der Waals surface area contributed by atoms with Gasteiger partial charge in [-0.25, -0.2) is 4.79 Å². The van der Waals surface area contributed by atoms with Crippen LogP contribution < -0.4 is 16.0 Å². The largest absolute Gasteiger partial charge is 0.338 e. The summed E-state index contributed by atoms with van der Waals surface area (Å²) in [5.41, 5.74) is 0. The second kappa shape index (κ2) is 8.80. The van der Waals surface area contributed by atoms with Crippen molar-refractivity contribution >= 4 is 18.4 Å². The van der Waals surface area contributed by atoms with E-state index in [1.165, 1.54) is 0 Å². The molecule has 4 nitrogen and oxygen atoms in total. The van der Waals surface area contributed by atoms with Gasteiger partial charge in [0, 0.05) is 12.6 Å². The Morgan fingerprint density at radius 2 is 2.07 bits per heavy atom. The molecule has 0 spiro atoms. The van der Waals surface area contributed by atoms with E-state index in [2.05, 4.69) is 22.9 Å². The van der Waals surface area contributed by atoms with Gasteiger partial charge in [0.1, 0.15) is 0 Å². The average Bonchev–Trinajstić information content (AvgIpc) is 2.20. The van der Waals surface area contributed by atoms with Gasteiger partial charge in [0.2, 0.25) is 0 Å². The second-order valence-electron chi connectivity index (χ2n) is 3.78. The molecule has 1 aliphatic heterocycles. The van der Waals surface area contributed by atoms with Gasteiger partial charge in [-0.3, -0.25) is 0 Å². The van der Waals surface area contributed by atoms with Crippen LogP contribution in [0.2, 0.25) is 0 Å². The smallest absolute Gasteiger partial charge is 0.315 e. The molecule has 3 N–H and O–H groups in total. The molecular formula is C10H22ClN3O. The number of hydrogen-bond donors (Lipinski definition) is 3. The third-order valence-electron chi connectivity index (χ3n) is 2.49. The van der Waals surface area contributed by atoms with Crippen molar-refractivity contribution in [2.45, 2.75) is 38.6 Å². The van der Waals surface area contributed by atoms with E-state index in [0.29, 0.717) is 6.04 Å². The van der Waals surface area contributed by atoms with Crippen molar-refractivity contribution < 1.29 is 4.79 Å². The Hall–Kier alpha value is -0.480. The highest BCUT2D eigenvalue weighted by atomic mass is 35.5. The van der Waals surface area contributed by atoms with E-state index in [1.54, 1.807) is 0 Å². The maximum atomic E-state index is 11.3. The van der Waals surface area contributed by atoms with Crippen molar-refractivity contribution in [1.82, 2.24) is 16.0 Å². The molecule has 0 atom stereocenters. The van der Waals surface area contributed by atoms with Crippen LogP contribution in [0.3, 0.4) is 0 Å². The van der Waals surface area contributed by atoms with Gasteiger partial charge in [-0.05, 0) is 32.4 Å². The Balaban J connectivity index is 0.00000196.